The molecule has 1 atom stereocenters. The first-order valence-electron chi connectivity index (χ1n) is 12.5. The van der Waals surface area contributed by atoms with Gasteiger partial charge in [-0.3, -0.25) is 13.9 Å². The van der Waals surface area contributed by atoms with Crippen LogP contribution in [0.15, 0.2) is 71.6 Å². The molecule has 0 fully saturated rings. The summed E-state index contributed by atoms with van der Waals surface area (Å²) in [6.45, 7) is 8.50. The van der Waals surface area contributed by atoms with Crippen LogP contribution in [0, 0.1) is 13.8 Å². The predicted octanol–water partition coefficient (Wildman–Crippen LogP) is 5.75. The summed E-state index contributed by atoms with van der Waals surface area (Å²) in [6.07, 6.45) is 0. The van der Waals surface area contributed by atoms with Crippen LogP contribution >= 0.6 is 23.2 Å². The lowest BCUT2D eigenvalue weighted by molar-refractivity contribution is -0.139. The van der Waals surface area contributed by atoms with Gasteiger partial charge in [0.2, 0.25) is 11.8 Å². The zero-order valence-corrected chi connectivity index (χ0v) is 24.9. The van der Waals surface area contributed by atoms with Crippen molar-refractivity contribution in [2.24, 2.45) is 0 Å². The summed E-state index contributed by atoms with van der Waals surface area (Å²) in [6, 6.07) is 17.0. The van der Waals surface area contributed by atoms with Gasteiger partial charge in [-0.1, -0.05) is 53.5 Å². The van der Waals surface area contributed by atoms with Crippen molar-refractivity contribution in [1.82, 2.24) is 10.2 Å². The number of benzene rings is 3. The first kappa shape index (κ1) is 30.5. The molecule has 0 aliphatic heterocycles. The van der Waals surface area contributed by atoms with E-state index in [0.29, 0.717) is 21.3 Å². The van der Waals surface area contributed by atoms with Crippen molar-refractivity contribution in [3.8, 4) is 0 Å². The molecule has 7 nitrogen and oxygen atoms in total. The Morgan fingerprint density at radius 2 is 1.56 bits per heavy atom. The van der Waals surface area contributed by atoms with Gasteiger partial charge in [0.15, 0.2) is 0 Å². The van der Waals surface area contributed by atoms with Crippen LogP contribution in [0.3, 0.4) is 0 Å². The Balaban J connectivity index is 2.07. The number of nitrogens with one attached hydrogen (secondary N) is 1. The minimum absolute atomic E-state index is 0.0202. The molecule has 0 radical (unpaired) electrons. The topological polar surface area (TPSA) is 86.8 Å². The molecule has 3 aromatic rings. The van der Waals surface area contributed by atoms with E-state index in [0.717, 1.165) is 15.4 Å². The molecule has 0 unspecified atom stereocenters. The standard InChI is InChI=1S/C29H33Cl2N3O4S/c1-19(2)32-29(36)22(5)33(17-23-12-13-24(30)16-27(23)31)28(35)18-34(25-14-11-20(3)21(4)15-25)39(37,38)26-9-7-6-8-10-26/h6-16,19,22H,17-18H2,1-5H3,(H,32,36)/t22-/m1/s1. The number of halogens is 2. The molecule has 39 heavy (non-hydrogen) atoms. The Morgan fingerprint density at radius 1 is 0.897 bits per heavy atom. The number of carbonyl (C=O) groups is 2. The second-order valence-corrected chi connectivity index (χ2v) is 12.4. The van der Waals surface area contributed by atoms with Crippen molar-refractivity contribution in [3.05, 3.63) is 93.5 Å². The molecular formula is C29H33Cl2N3O4S. The third-order valence-corrected chi connectivity index (χ3v) is 8.72. The number of aryl methyl sites for hydroxylation is 2. The van der Waals surface area contributed by atoms with E-state index < -0.39 is 28.5 Å². The van der Waals surface area contributed by atoms with Crippen molar-refractivity contribution < 1.29 is 18.0 Å². The smallest absolute Gasteiger partial charge is 0.264 e. The van der Waals surface area contributed by atoms with Crippen LogP contribution in [0.5, 0.6) is 0 Å². The van der Waals surface area contributed by atoms with E-state index in [1.807, 2.05) is 33.8 Å². The van der Waals surface area contributed by atoms with Gasteiger partial charge in [0.25, 0.3) is 10.0 Å². The number of anilines is 1. The van der Waals surface area contributed by atoms with Crippen LogP contribution in [-0.4, -0.2) is 43.8 Å². The summed E-state index contributed by atoms with van der Waals surface area (Å²) in [7, 11) is -4.12. The fourth-order valence-corrected chi connectivity index (χ4v) is 5.85. The molecule has 0 aliphatic carbocycles. The van der Waals surface area contributed by atoms with E-state index in [1.165, 1.54) is 17.0 Å². The lowest BCUT2D eigenvalue weighted by atomic mass is 10.1. The maximum Gasteiger partial charge on any atom is 0.264 e. The number of nitrogens with zero attached hydrogens (tertiary/aromatic N) is 2. The Kier molecular flexibility index (Phi) is 10.0. The molecule has 0 saturated carbocycles. The number of hydrogen-bond donors (Lipinski definition) is 1. The van der Waals surface area contributed by atoms with Crippen LogP contribution in [0.2, 0.25) is 10.0 Å². The second kappa shape index (κ2) is 12.9. The van der Waals surface area contributed by atoms with Crippen LogP contribution in [0.4, 0.5) is 5.69 Å². The van der Waals surface area contributed by atoms with Gasteiger partial charge in [0, 0.05) is 22.6 Å². The molecule has 0 bridgehead atoms. The lowest BCUT2D eigenvalue weighted by Crippen LogP contribution is -2.52. The minimum atomic E-state index is -4.12. The lowest BCUT2D eigenvalue weighted by Gasteiger charge is -2.32. The monoisotopic (exact) mass is 589 g/mol. The maximum atomic E-state index is 13.9. The maximum absolute atomic E-state index is 13.9. The van der Waals surface area contributed by atoms with Gasteiger partial charge in [0.1, 0.15) is 12.6 Å². The molecule has 0 saturated heterocycles. The average Bonchev–Trinajstić information content (AvgIpc) is 2.88. The van der Waals surface area contributed by atoms with E-state index in [-0.39, 0.29) is 23.4 Å². The zero-order valence-electron chi connectivity index (χ0n) is 22.6. The third kappa shape index (κ3) is 7.53. The SMILES string of the molecule is Cc1ccc(N(CC(=O)N(Cc2ccc(Cl)cc2Cl)[C@H](C)C(=O)NC(C)C)S(=O)(=O)c2ccccc2)cc1C. The number of amides is 2. The van der Waals surface area contributed by atoms with Crippen LogP contribution in [0.25, 0.3) is 0 Å². The number of sulfonamides is 1. The molecule has 0 aromatic heterocycles. The first-order chi connectivity index (χ1) is 18.3. The van der Waals surface area contributed by atoms with Gasteiger partial charge in [-0.2, -0.15) is 0 Å². The number of rotatable bonds is 10. The van der Waals surface area contributed by atoms with E-state index in [9.17, 15) is 18.0 Å². The summed E-state index contributed by atoms with van der Waals surface area (Å²) < 4.78 is 28.7. The van der Waals surface area contributed by atoms with E-state index in [1.54, 1.807) is 55.5 Å². The highest BCUT2D eigenvalue weighted by Gasteiger charge is 2.33. The van der Waals surface area contributed by atoms with Crippen molar-refractivity contribution >= 4 is 50.7 Å². The van der Waals surface area contributed by atoms with Crippen molar-refractivity contribution in [1.29, 1.82) is 0 Å². The molecule has 0 spiro atoms. The molecule has 0 aliphatic rings. The Morgan fingerprint density at radius 3 is 2.15 bits per heavy atom. The first-order valence-corrected chi connectivity index (χ1v) is 14.7. The van der Waals surface area contributed by atoms with Gasteiger partial charge in [-0.15, -0.1) is 0 Å². The average molecular weight is 591 g/mol. The van der Waals surface area contributed by atoms with E-state index in [4.69, 9.17) is 23.2 Å². The van der Waals surface area contributed by atoms with Crippen LogP contribution in [0.1, 0.15) is 37.5 Å². The normalized spacial score (nSPS) is 12.2. The van der Waals surface area contributed by atoms with Gasteiger partial charge in [0.05, 0.1) is 10.6 Å². The largest absolute Gasteiger partial charge is 0.352 e. The summed E-state index contributed by atoms with van der Waals surface area (Å²) in [5, 5.41) is 3.59. The zero-order chi connectivity index (χ0) is 28.9. The fourth-order valence-electron chi connectivity index (χ4n) is 3.95. The molecule has 3 aromatic carbocycles. The second-order valence-electron chi connectivity index (χ2n) is 9.69. The van der Waals surface area contributed by atoms with Crippen molar-refractivity contribution in [3.63, 3.8) is 0 Å². The van der Waals surface area contributed by atoms with Crippen molar-refractivity contribution in [2.45, 2.75) is 58.1 Å². The van der Waals surface area contributed by atoms with E-state index >= 15 is 0 Å². The van der Waals surface area contributed by atoms with Crippen LogP contribution in [-0.2, 0) is 26.2 Å². The Bertz CT molecular complexity index is 1450. The van der Waals surface area contributed by atoms with E-state index in [2.05, 4.69) is 5.32 Å². The number of hydrogen-bond acceptors (Lipinski definition) is 4. The summed E-state index contributed by atoms with van der Waals surface area (Å²) in [4.78, 5) is 28.3. The fraction of sp³-hybridized carbons (Fsp3) is 0.310. The summed E-state index contributed by atoms with van der Waals surface area (Å²) >= 11 is 12.5. The number of carbonyl (C=O) groups excluding carboxylic acids is 2. The Labute approximate surface area is 240 Å². The molecule has 10 heteroatoms. The molecule has 3 rings (SSSR count). The van der Waals surface area contributed by atoms with Gasteiger partial charge in [-0.25, -0.2) is 8.42 Å². The predicted molar refractivity (Wildman–Crippen MR) is 157 cm³/mol. The highest BCUT2D eigenvalue weighted by atomic mass is 35.5. The molecule has 2 amide bonds. The quantitative estimate of drug-likeness (QED) is 0.326. The van der Waals surface area contributed by atoms with Gasteiger partial charge in [-0.05, 0) is 87.7 Å². The van der Waals surface area contributed by atoms with Gasteiger partial charge < -0.3 is 10.2 Å². The highest BCUT2D eigenvalue weighted by Crippen LogP contribution is 2.27. The highest BCUT2D eigenvalue weighted by molar-refractivity contribution is 7.92. The minimum Gasteiger partial charge on any atom is -0.352 e. The Hall–Kier alpha value is -3.07. The molecular weight excluding hydrogens is 557 g/mol. The molecule has 1 N–H and O–H groups in total. The van der Waals surface area contributed by atoms with Gasteiger partial charge >= 0.3 is 0 Å². The van der Waals surface area contributed by atoms with Crippen molar-refractivity contribution in [2.75, 3.05) is 10.8 Å². The summed E-state index contributed by atoms with van der Waals surface area (Å²) in [5.41, 5.74) is 2.78. The molecule has 0 heterocycles. The third-order valence-electron chi connectivity index (χ3n) is 6.34. The summed E-state index contributed by atoms with van der Waals surface area (Å²) in [5.74, 6) is -0.933. The molecule has 208 valence electrons. The van der Waals surface area contributed by atoms with Crippen LogP contribution < -0.4 is 9.62 Å².